The van der Waals surface area contributed by atoms with Gasteiger partial charge >= 0.3 is 24.1 Å². The molecule has 0 aliphatic carbocycles. The molecule has 0 N–H and O–H groups in total. The first-order valence-corrected chi connectivity index (χ1v) is 12.6. The van der Waals surface area contributed by atoms with Crippen LogP contribution in [0.5, 0.6) is 5.75 Å². The van der Waals surface area contributed by atoms with Gasteiger partial charge < -0.3 is 19.1 Å². The number of ether oxygens (including phenoxy) is 3. The number of methoxy groups -OCH3 is 1. The maximum atomic E-state index is 16.2. The molecular formula is C28H32F4N2O6. The van der Waals surface area contributed by atoms with Crippen LogP contribution in [0, 0.1) is 5.82 Å². The van der Waals surface area contributed by atoms with E-state index in [1.807, 2.05) is 18.2 Å². The van der Waals surface area contributed by atoms with Gasteiger partial charge in [-0.1, -0.05) is 30.3 Å². The van der Waals surface area contributed by atoms with Crippen LogP contribution in [0.3, 0.4) is 0 Å². The third-order valence-corrected chi connectivity index (χ3v) is 6.16. The first-order chi connectivity index (χ1) is 18.6. The standard InChI is InChI=1S/C28H32F4N2O6/c1-17-13-20-19(15-33(17)26(37)40-27(2,3)4)14-21(39-12-11-18-9-7-6-8-10-18)24(23(20)29)34(16-22(35)38-5)25(36)28(30,31)32/h6-10,14,17H,11-13,15-16H2,1-5H3/t17-/m0/s1. The summed E-state index contributed by atoms with van der Waals surface area (Å²) in [6.07, 6.45) is -5.81. The molecule has 218 valence electrons. The van der Waals surface area contributed by atoms with Crippen molar-refractivity contribution in [1.82, 2.24) is 4.90 Å². The Balaban J connectivity index is 2.09. The molecule has 1 aliphatic rings. The summed E-state index contributed by atoms with van der Waals surface area (Å²) in [5.41, 5.74) is -0.479. The van der Waals surface area contributed by atoms with Crippen LogP contribution in [0.15, 0.2) is 36.4 Å². The predicted octanol–water partition coefficient (Wildman–Crippen LogP) is 5.20. The van der Waals surface area contributed by atoms with Crippen LogP contribution in [-0.2, 0) is 38.4 Å². The van der Waals surface area contributed by atoms with Gasteiger partial charge in [0, 0.05) is 19.0 Å². The Bertz CT molecular complexity index is 1240. The average Bonchev–Trinajstić information content (AvgIpc) is 2.86. The molecule has 3 rings (SSSR count). The highest BCUT2D eigenvalue weighted by Gasteiger charge is 2.46. The number of carbonyl (C=O) groups excluding carboxylic acids is 3. The van der Waals surface area contributed by atoms with Crippen LogP contribution >= 0.6 is 0 Å². The molecule has 0 saturated heterocycles. The summed E-state index contributed by atoms with van der Waals surface area (Å²) in [5.74, 6) is -5.17. The van der Waals surface area contributed by atoms with E-state index in [9.17, 15) is 27.6 Å². The van der Waals surface area contributed by atoms with Gasteiger partial charge in [0.2, 0.25) is 0 Å². The smallest absolute Gasteiger partial charge is 0.471 e. The summed E-state index contributed by atoms with van der Waals surface area (Å²) >= 11 is 0. The number of esters is 1. The number of nitrogens with zero attached hydrogens (tertiary/aromatic N) is 2. The van der Waals surface area contributed by atoms with Crippen LogP contribution < -0.4 is 9.64 Å². The van der Waals surface area contributed by atoms with Crippen molar-refractivity contribution in [3.8, 4) is 5.75 Å². The van der Waals surface area contributed by atoms with Crippen LogP contribution in [0.1, 0.15) is 44.4 Å². The Labute approximate surface area is 229 Å². The molecule has 1 atom stereocenters. The van der Waals surface area contributed by atoms with Gasteiger partial charge in [-0.3, -0.25) is 14.5 Å². The molecule has 2 aromatic rings. The minimum Gasteiger partial charge on any atom is -0.491 e. The molecule has 0 saturated carbocycles. The number of fused-ring (bicyclic) bond motifs is 1. The van der Waals surface area contributed by atoms with E-state index in [1.165, 1.54) is 11.0 Å². The summed E-state index contributed by atoms with van der Waals surface area (Å²) in [5, 5.41) is 0. The van der Waals surface area contributed by atoms with Gasteiger partial charge in [-0.15, -0.1) is 0 Å². The summed E-state index contributed by atoms with van der Waals surface area (Å²) < 4.78 is 72.6. The SMILES string of the molecule is COC(=O)CN(C(=O)C(F)(F)F)c1c(OCCc2ccccc2)cc2c(c1F)C[C@H](C)N(C(=O)OC(C)(C)C)C2. The van der Waals surface area contributed by atoms with Gasteiger partial charge in [0.1, 0.15) is 23.6 Å². The van der Waals surface area contributed by atoms with Gasteiger partial charge in [0.15, 0.2) is 5.82 Å². The van der Waals surface area contributed by atoms with E-state index in [-0.39, 0.29) is 41.3 Å². The molecule has 12 heteroatoms. The van der Waals surface area contributed by atoms with Crippen LogP contribution in [0.25, 0.3) is 0 Å². The Hall–Kier alpha value is -3.83. The number of alkyl halides is 3. The van der Waals surface area contributed by atoms with E-state index < -0.39 is 53.8 Å². The molecule has 2 aromatic carbocycles. The van der Waals surface area contributed by atoms with Crippen molar-refractivity contribution in [2.75, 3.05) is 25.2 Å². The molecule has 40 heavy (non-hydrogen) atoms. The van der Waals surface area contributed by atoms with Gasteiger partial charge in [0.05, 0.1) is 13.7 Å². The number of rotatable bonds is 7. The maximum absolute atomic E-state index is 16.2. The number of hydrogen-bond acceptors (Lipinski definition) is 6. The van der Waals surface area contributed by atoms with Crippen LogP contribution in [0.4, 0.5) is 28.0 Å². The number of carbonyl (C=O) groups is 3. The molecule has 8 nitrogen and oxygen atoms in total. The fraction of sp³-hybridized carbons (Fsp3) is 0.464. The van der Waals surface area contributed by atoms with Gasteiger partial charge in [-0.25, -0.2) is 9.18 Å². The second kappa shape index (κ2) is 12.1. The molecular weight excluding hydrogens is 536 g/mol. The van der Waals surface area contributed by atoms with Crippen LogP contribution in [-0.4, -0.2) is 61.0 Å². The molecule has 0 unspecified atom stereocenters. The van der Waals surface area contributed by atoms with E-state index in [4.69, 9.17) is 9.47 Å². The second-order valence-electron chi connectivity index (χ2n) is 10.4. The number of benzene rings is 2. The Morgan fingerprint density at radius 3 is 2.33 bits per heavy atom. The number of hydrogen-bond donors (Lipinski definition) is 0. The fourth-order valence-electron chi connectivity index (χ4n) is 4.26. The van der Waals surface area contributed by atoms with Crippen molar-refractivity contribution < 1.29 is 46.2 Å². The van der Waals surface area contributed by atoms with Crippen molar-refractivity contribution in [1.29, 1.82) is 0 Å². The molecule has 0 radical (unpaired) electrons. The summed E-state index contributed by atoms with van der Waals surface area (Å²) in [4.78, 5) is 38.6. The third kappa shape index (κ3) is 7.42. The average molecular weight is 569 g/mol. The van der Waals surface area contributed by atoms with E-state index >= 15 is 4.39 Å². The summed E-state index contributed by atoms with van der Waals surface area (Å²) in [6.45, 7) is 5.36. The Morgan fingerprint density at radius 1 is 1.10 bits per heavy atom. The van der Waals surface area contributed by atoms with Gasteiger partial charge in [-0.05, 0) is 56.9 Å². The van der Waals surface area contributed by atoms with Crippen molar-refractivity contribution >= 4 is 23.7 Å². The topological polar surface area (TPSA) is 85.4 Å². The highest BCUT2D eigenvalue weighted by molar-refractivity contribution is 6.02. The molecule has 0 fully saturated rings. The van der Waals surface area contributed by atoms with E-state index in [1.54, 1.807) is 39.8 Å². The lowest BCUT2D eigenvalue weighted by molar-refractivity contribution is -0.171. The van der Waals surface area contributed by atoms with E-state index in [2.05, 4.69) is 4.74 Å². The number of anilines is 1. The number of halogens is 4. The molecule has 2 amide bonds. The minimum atomic E-state index is -5.42. The van der Waals surface area contributed by atoms with Crippen molar-refractivity contribution in [2.45, 2.75) is 64.9 Å². The van der Waals surface area contributed by atoms with Crippen molar-refractivity contribution in [2.24, 2.45) is 0 Å². The largest absolute Gasteiger partial charge is 0.491 e. The van der Waals surface area contributed by atoms with E-state index in [0.29, 0.717) is 6.42 Å². The zero-order valence-electron chi connectivity index (χ0n) is 22.9. The summed E-state index contributed by atoms with van der Waals surface area (Å²) in [6, 6.07) is 9.75. The number of amides is 2. The van der Waals surface area contributed by atoms with E-state index in [0.717, 1.165) is 12.7 Å². The molecule has 0 bridgehead atoms. The zero-order chi connectivity index (χ0) is 29.8. The highest BCUT2D eigenvalue weighted by Crippen LogP contribution is 2.41. The second-order valence-corrected chi connectivity index (χ2v) is 10.4. The quantitative estimate of drug-likeness (QED) is 0.337. The first kappa shape index (κ1) is 30.7. The molecule has 1 heterocycles. The molecule has 1 aliphatic heterocycles. The highest BCUT2D eigenvalue weighted by atomic mass is 19.4. The summed E-state index contributed by atoms with van der Waals surface area (Å²) in [7, 11) is 0.937. The monoisotopic (exact) mass is 568 g/mol. The third-order valence-electron chi connectivity index (χ3n) is 6.16. The first-order valence-electron chi connectivity index (χ1n) is 12.6. The normalized spacial score (nSPS) is 15.2. The van der Waals surface area contributed by atoms with Gasteiger partial charge in [0.25, 0.3) is 0 Å². The lowest BCUT2D eigenvalue weighted by Gasteiger charge is -2.37. The zero-order valence-corrected chi connectivity index (χ0v) is 22.9. The Morgan fingerprint density at radius 2 is 1.75 bits per heavy atom. The lowest BCUT2D eigenvalue weighted by Crippen LogP contribution is -2.47. The Kier molecular flexibility index (Phi) is 9.32. The molecule has 0 spiro atoms. The minimum absolute atomic E-state index is 0.00237. The molecule has 0 aromatic heterocycles. The van der Waals surface area contributed by atoms with Crippen molar-refractivity contribution in [3.05, 3.63) is 58.9 Å². The van der Waals surface area contributed by atoms with Gasteiger partial charge in [-0.2, -0.15) is 13.2 Å². The maximum Gasteiger partial charge on any atom is 0.471 e. The van der Waals surface area contributed by atoms with Crippen LogP contribution in [0.2, 0.25) is 0 Å². The fourth-order valence-corrected chi connectivity index (χ4v) is 4.26. The lowest BCUT2D eigenvalue weighted by atomic mass is 9.93. The van der Waals surface area contributed by atoms with Crippen molar-refractivity contribution in [3.63, 3.8) is 0 Å². The predicted molar refractivity (Wildman–Crippen MR) is 137 cm³/mol.